The molecule has 0 aliphatic carbocycles. The molecular weight excluding hydrogens is 779 g/mol. The Morgan fingerprint density at radius 2 is 0.619 bits per heavy atom. The molecule has 63 heavy (non-hydrogen) atoms. The van der Waals surface area contributed by atoms with Crippen LogP contribution < -0.4 is 18.8 Å². The second-order valence-corrected chi connectivity index (χ2v) is 16.8. The molecule has 2 rings (SSSR count). The first-order chi connectivity index (χ1) is 31.1. The van der Waals surface area contributed by atoms with Crippen molar-refractivity contribution in [2.24, 2.45) is 0 Å². The summed E-state index contributed by atoms with van der Waals surface area (Å²) in [7, 11) is 0.0363. The third-order valence-corrected chi connectivity index (χ3v) is 10.9. The molecule has 2 N–H and O–H groups in total. The Morgan fingerprint density at radius 3 is 0.921 bits per heavy atom. The minimum absolute atomic E-state index is 0.0363. The van der Waals surface area contributed by atoms with Crippen LogP contribution in [0.3, 0.4) is 0 Å². The molecule has 346 valence electrons. The van der Waals surface area contributed by atoms with Gasteiger partial charge in [0.25, 0.3) is 0 Å². The van der Waals surface area contributed by atoms with E-state index in [0.29, 0.717) is 35.8 Å². The van der Waals surface area contributed by atoms with Gasteiger partial charge < -0.3 is 29.0 Å². The molecule has 0 saturated carbocycles. The van der Waals surface area contributed by atoms with Gasteiger partial charge in [0.2, 0.25) is 0 Å². The summed E-state index contributed by atoms with van der Waals surface area (Å²) in [5.74, 6) is 27.3. The van der Waals surface area contributed by atoms with Crippen molar-refractivity contribution in [2.75, 3.05) is 0 Å². The van der Waals surface area contributed by atoms with Gasteiger partial charge in [-0.15, -0.1) is 0 Å². The van der Waals surface area contributed by atoms with E-state index in [1.165, 1.54) is 116 Å². The normalized spacial score (nSPS) is 11.3. The molecule has 2 aromatic carbocycles. The van der Waals surface area contributed by atoms with Crippen LogP contribution >= 0.6 is 0 Å². The van der Waals surface area contributed by atoms with E-state index in [2.05, 4.69) is 61.2 Å². The number of rotatable bonds is 38. The standard InChI is InChI=1S/C56H83BO6/c1-3-5-7-9-11-13-15-17-19-21-23-25-27-29-31-33-35-37-39-41-55(58)60-51-43-47-53(48-44-51)62-57-63-54-49-45-52(46-50-54)61-56(59)42-40-38-36-34-32-30-28-26-24-22-20-18-16-14-12-10-8-6-4-2/h43-50,55-59H,3-18,27-42H2,1-2H3. The molecule has 0 radical (unpaired) electrons. The van der Waals surface area contributed by atoms with Crippen LogP contribution in [0.2, 0.25) is 0 Å². The highest BCUT2D eigenvalue weighted by Crippen LogP contribution is 2.22. The Hall–Kier alpha value is -4.14. The van der Waals surface area contributed by atoms with Crippen LogP contribution in [-0.2, 0) is 0 Å². The molecule has 7 heteroatoms. The summed E-state index contributed by atoms with van der Waals surface area (Å²) in [5, 5.41) is 20.7. The maximum absolute atomic E-state index is 10.4. The zero-order valence-corrected chi connectivity index (χ0v) is 39.6. The molecule has 0 saturated heterocycles. The Labute approximate surface area is 386 Å². The minimum Gasteiger partial charge on any atom is -0.529 e. The SMILES string of the molecule is CCCCCCCCCC#CC#CCCCCCCCCC(O)Oc1ccc(OBOc2ccc(OC(O)CCCCCCCCC#CC#CCCCCCCCCC)cc2)cc1. The van der Waals surface area contributed by atoms with Crippen molar-refractivity contribution < 1.29 is 29.0 Å². The molecule has 0 aliphatic rings. The summed E-state index contributed by atoms with van der Waals surface area (Å²) in [6.45, 7) is 4.51. The van der Waals surface area contributed by atoms with Crippen molar-refractivity contribution in [1.29, 1.82) is 0 Å². The number of hydrogen-bond donors (Lipinski definition) is 2. The van der Waals surface area contributed by atoms with E-state index < -0.39 is 12.6 Å². The number of hydrogen-bond acceptors (Lipinski definition) is 6. The van der Waals surface area contributed by atoms with Crippen LogP contribution in [0.25, 0.3) is 0 Å². The molecule has 2 unspecified atom stereocenters. The number of aliphatic hydroxyl groups excluding tert-OH is 2. The van der Waals surface area contributed by atoms with Crippen LogP contribution in [0.15, 0.2) is 48.5 Å². The lowest BCUT2D eigenvalue weighted by atomic mass is 10.1. The van der Waals surface area contributed by atoms with Crippen LogP contribution in [0.1, 0.15) is 219 Å². The van der Waals surface area contributed by atoms with Gasteiger partial charge in [-0.25, -0.2) is 0 Å². The van der Waals surface area contributed by atoms with Crippen molar-refractivity contribution >= 4 is 7.69 Å². The number of ether oxygens (including phenoxy) is 2. The van der Waals surface area contributed by atoms with Crippen LogP contribution in [0, 0.1) is 47.4 Å². The van der Waals surface area contributed by atoms with Crippen molar-refractivity contribution in [3.8, 4) is 70.4 Å². The predicted molar refractivity (Wildman–Crippen MR) is 265 cm³/mol. The zero-order chi connectivity index (χ0) is 44.9. The van der Waals surface area contributed by atoms with Gasteiger partial charge in [0.1, 0.15) is 23.0 Å². The maximum Gasteiger partial charge on any atom is 0.576 e. The lowest BCUT2D eigenvalue weighted by Crippen LogP contribution is -2.15. The topological polar surface area (TPSA) is 77.4 Å². The van der Waals surface area contributed by atoms with Gasteiger partial charge in [-0.2, -0.15) is 0 Å². The van der Waals surface area contributed by atoms with Crippen molar-refractivity contribution in [2.45, 2.75) is 232 Å². The summed E-state index contributed by atoms with van der Waals surface area (Å²) < 4.78 is 22.9. The third kappa shape index (κ3) is 35.0. The highest BCUT2D eigenvalue weighted by atomic mass is 16.6. The van der Waals surface area contributed by atoms with Gasteiger partial charge in [-0.3, -0.25) is 0 Å². The number of benzene rings is 2. The minimum atomic E-state index is -0.831. The first-order valence-corrected chi connectivity index (χ1v) is 25.2. The third-order valence-electron chi connectivity index (χ3n) is 10.9. The van der Waals surface area contributed by atoms with Crippen molar-refractivity contribution in [3.63, 3.8) is 0 Å². The molecule has 0 bridgehead atoms. The van der Waals surface area contributed by atoms with Crippen LogP contribution in [-0.4, -0.2) is 30.5 Å². The predicted octanol–water partition coefficient (Wildman–Crippen LogP) is 14.3. The molecule has 2 aromatic rings. The molecule has 0 fully saturated rings. The average Bonchev–Trinajstić information content (AvgIpc) is 3.29. The molecule has 0 spiro atoms. The fourth-order valence-corrected chi connectivity index (χ4v) is 7.07. The van der Waals surface area contributed by atoms with E-state index in [9.17, 15) is 10.2 Å². The van der Waals surface area contributed by atoms with E-state index in [1.807, 2.05) is 0 Å². The zero-order valence-electron chi connectivity index (χ0n) is 39.6. The molecule has 2 atom stereocenters. The van der Waals surface area contributed by atoms with E-state index in [1.54, 1.807) is 48.5 Å². The number of unbranched alkanes of at least 4 members (excludes halogenated alkanes) is 26. The first-order valence-electron chi connectivity index (χ1n) is 25.2. The quantitative estimate of drug-likeness (QED) is 0.0303. The Kier molecular flexibility index (Phi) is 36.5. The first kappa shape index (κ1) is 55.0. The lowest BCUT2D eigenvalue weighted by Gasteiger charge is -2.14. The summed E-state index contributed by atoms with van der Waals surface area (Å²) in [4.78, 5) is 0. The fraction of sp³-hybridized carbons (Fsp3) is 0.643. The van der Waals surface area contributed by atoms with E-state index in [4.69, 9.17) is 18.8 Å². The largest absolute Gasteiger partial charge is 0.576 e. The highest BCUT2D eigenvalue weighted by Gasteiger charge is 2.09. The Balaban J connectivity index is 1.42. The molecule has 0 amide bonds. The highest BCUT2D eigenvalue weighted by molar-refractivity contribution is 6.20. The maximum atomic E-state index is 10.4. The Morgan fingerprint density at radius 1 is 0.365 bits per heavy atom. The van der Waals surface area contributed by atoms with E-state index >= 15 is 0 Å². The monoisotopic (exact) mass is 863 g/mol. The molecule has 0 heterocycles. The fourth-order valence-electron chi connectivity index (χ4n) is 7.07. The lowest BCUT2D eigenvalue weighted by molar-refractivity contribution is -0.0251. The summed E-state index contributed by atoms with van der Waals surface area (Å²) >= 11 is 0. The number of aliphatic hydroxyl groups is 2. The van der Waals surface area contributed by atoms with Gasteiger partial charge in [0.15, 0.2) is 12.6 Å². The molecule has 6 nitrogen and oxygen atoms in total. The summed E-state index contributed by atoms with van der Waals surface area (Å²) in [5.41, 5.74) is 0. The molecule has 0 aromatic heterocycles. The molecular formula is C56H83BO6. The summed E-state index contributed by atoms with van der Waals surface area (Å²) in [6, 6.07) is 14.3. The van der Waals surface area contributed by atoms with Gasteiger partial charge >= 0.3 is 7.69 Å². The van der Waals surface area contributed by atoms with Gasteiger partial charge in [0.05, 0.1) is 0 Å². The average molecular weight is 863 g/mol. The smallest absolute Gasteiger partial charge is 0.529 e. The van der Waals surface area contributed by atoms with Crippen molar-refractivity contribution in [3.05, 3.63) is 48.5 Å². The van der Waals surface area contributed by atoms with Gasteiger partial charge in [-0.1, -0.05) is 166 Å². The van der Waals surface area contributed by atoms with Gasteiger partial charge in [0, 0.05) is 38.5 Å². The molecule has 0 aliphatic heterocycles. The van der Waals surface area contributed by atoms with Crippen LogP contribution in [0.4, 0.5) is 0 Å². The Bertz CT molecular complexity index is 1490. The van der Waals surface area contributed by atoms with Crippen molar-refractivity contribution in [1.82, 2.24) is 0 Å². The second-order valence-electron chi connectivity index (χ2n) is 16.8. The summed E-state index contributed by atoms with van der Waals surface area (Å²) in [6.07, 6.45) is 35.1. The van der Waals surface area contributed by atoms with E-state index in [0.717, 1.165) is 77.0 Å². The van der Waals surface area contributed by atoms with Crippen LogP contribution in [0.5, 0.6) is 23.0 Å². The van der Waals surface area contributed by atoms with E-state index in [-0.39, 0.29) is 7.69 Å². The second kappa shape index (κ2) is 41.9. The van der Waals surface area contributed by atoms with Gasteiger partial charge in [-0.05, 0) is 111 Å².